The summed E-state index contributed by atoms with van der Waals surface area (Å²) in [6, 6.07) is 2.09. The van der Waals surface area contributed by atoms with Crippen molar-refractivity contribution < 1.29 is 5.11 Å². The standard InChI is InChI=1S/C10H13ClN4O/c1-7(3-4-12)15(2)10-8(5-16)9(11)13-6-14-10/h6-7,16H,3,5H2,1-2H3. The lowest BCUT2D eigenvalue weighted by molar-refractivity contribution is 0.281. The average Bonchev–Trinajstić information content (AvgIpc) is 2.28. The number of aliphatic hydroxyl groups is 1. The highest BCUT2D eigenvalue weighted by Gasteiger charge is 2.17. The fraction of sp³-hybridized carbons (Fsp3) is 0.500. The summed E-state index contributed by atoms with van der Waals surface area (Å²) < 4.78 is 0. The summed E-state index contributed by atoms with van der Waals surface area (Å²) in [6.07, 6.45) is 1.72. The Morgan fingerprint density at radius 3 is 2.88 bits per heavy atom. The van der Waals surface area contributed by atoms with E-state index in [4.69, 9.17) is 16.9 Å². The third-order valence-corrected chi connectivity index (χ3v) is 2.74. The smallest absolute Gasteiger partial charge is 0.140 e. The van der Waals surface area contributed by atoms with Crippen LogP contribution in [0.15, 0.2) is 6.33 Å². The first-order valence-electron chi connectivity index (χ1n) is 4.81. The maximum absolute atomic E-state index is 9.20. The molecule has 0 aliphatic heterocycles. The molecule has 0 bridgehead atoms. The minimum atomic E-state index is -0.224. The van der Waals surface area contributed by atoms with Gasteiger partial charge < -0.3 is 10.0 Å². The molecule has 1 atom stereocenters. The van der Waals surface area contributed by atoms with Gasteiger partial charge in [-0.1, -0.05) is 11.6 Å². The molecule has 0 aromatic carbocycles. The van der Waals surface area contributed by atoms with Gasteiger partial charge in [-0.2, -0.15) is 5.26 Å². The second-order valence-electron chi connectivity index (χ2n) is 3.45. The number of hydrogen-bond donors (Lipinski definition) is 1. The van der Waals surface area contributed by atoms with Crippen molar-refractivity contribution in [3.05, 3.63) is 17.0 Å². The van der Waals surface area contributed by atoms with Crippen molar-refractivity contribution in [3.8, 4) is 6.07 Å². The van der Waals surface area contributed by atoms with Crippen molar-refractivity contribution in [2.45, 2.75) is 26.0 Å². The second-order valence-corrected chi connectivity index (χ2v) is 3.80. The fourth-order valence-corrected chi connectivity index (χ4v) is 1.49. The van der Waals surface area contributed by atoms with E-state index in [9.17, 15) is 5.11 Å². The Morgan fingerprint density at radius 2 is 2.31 bits per heavy atom. The van der Waals surface area contributed by atoms with Crippen LogP contribution in [0.4, 0.5) is 5.82 Å². The zero-order valence-corrected chi connectivity index (χ0v) is 9.94. The van der Waals surface area contributed by atoms with E-state index >= 15 is 0 Å². The number of halogens is 1. The van der Waals surface area contributed by atoms with Crippen molar-refractivity contribution in [2.75, 3.05) is 11.9 Å². The van der Waals surface area contributed by atoms with E-state index in [1.54, 1.807) is 7.05 Å². The van der Waals surface area contributed by atoms with E-state index in [0.29, 0.717) is 17.8 Å². The van der Waals surface area contributed by atoms with E-state index in [1.165, 1.54) is 6.33 Å². The van der Waals surface area contributed by atoms with Gasteiger partial charge in [0.1, 0.15) is 17.3 Å². The summed E-state index contributed by atoms with van der Waals surface area (Å²) in [5.41, 5.74) is 0.483. The van der Waals surface area contributed by atoms with Crippen LogP contribution in [0.3, 0.4) is 0 Å². The quantitative estimate of drug-likeness (QED) is 0.805. The number of nitriles is 1. The molecular formula is C10H13ClN4O. The van der Waals surface area contributed by atoms with Crippen LogP contribution in [0, 0.1) is 11.3 Å². The van der Waals surface area contributed by atoms with Gasteiger partial charge in [0.2, 0.25) is 0 Å². The van der Waals surface area contributed by atoms with Crippen molar-refractivity contribution in [1.29, 1.82) is 5.26 Å². The molecule has 0 amide bonds. The molecule has 86 valence electrons. The van der Waals surface area contributed by atoms with Gasteiger partial charge >= 0.3 is 0 Å². The second kappa shape index (κ2) is 5.64. The number of aromatic nitrogens is 2. The number of hydrogen-bond acceptors (Lipinski definition) is 5. The molecule has 0 aliphatic rings. The van der Waals surface area contributed by atoms with Crippen LogP contribution < -0.4 is 4.90 Å². The van der Waals surface area contributed by atoms with Crippen molar-refractivity contribution in [2.24, 2.45) is 0 Å². The topological polar surface area (TPSA) is 73.0 Å². The highest BCUT2D eigenvalue weighted by atomic mass is 35.5. The summed E-state index contributed by atoms with van der Waals surface area (Å²) in [4.78, 5) is 9.68. The van der Waals surface area contributed by atoms with Crippen LogP contribution in [0.5, 0.6) is 0 Å². The molecule has 5 nitrogen and oxygen atoms in total. The van der Waals surface area contributed by atoms with Gasteiger partial charge in [0, 0.05) is 13.1 Å². The van der Waals surface area contributed by atoms with Crippen LogP contribution in [-0.2, 0) is 6.61 Å². The molecule has 0 saturated carbocycles. The van der Waals surface area contributed by atoms with Gasteiger partial charge in [-0.15, -0.1) is 0 Å². The Balaban J connectivity index is 3.04. The minimum absolute atomic E-state index is 0.00117. The molecule has 1 aromatic rings. The van der Waals surface area contributed by atoms with Crippen molar-refractivity contribution in [3.63, 3.8) is 0 Å². The Bertz CT molecular complexity index is 404. The van der Waals surface area contributed by atoms with Gasteiger partial charge in [-0.05, 0) is 6.92 Å². The summed E-state index contributed by atoms with van der Waals surface area (Å²) in [6.45, 7) is 1.68. The normalized spacial score (nSPS) is 11.9. The zero-order valence-electron chi connectivity index (χ0n) is 9.18. The number of anilines is 1. The van der Waals surface area contributed by atoms with E-state index in [2.05, 4.69) is 16.0 Å². The van der Waals surface area contributed by atoms with Crippen LogP contribution in [0.25, 0.3) is 0 Å². The molecule has 0 saturated heterocycles. The van der Waals surface area contributed by atoms with Crippen LogP contribution in [0.1, 0.15) is 18.9 Å². The number of rotatable bonds is 4. The minimum Gasteiger partial charge on any atom is -0.391 e. The Hall–Kier alpha value is -1.38. The van der Waals surface area contributed by atoms with Gasteiger partial charge in [-0.3, -0.25) is 0 Å². The largest absolute Gasteiger partial charge is 0.391 e. The third-order valence-electron chi connectivity index (χ3n) is 2.41. The summed E-state index contributed by atoms with van der Waals surface area (Å²) in [7, 11) is 1.81. The monoisotopic (exact) mass is 240 g/mol. The molecule has 16 heavy (non-hydrogen) atoms. The maximum Gasteiger partial charge on any atom is 0.140 e. The lowest BCUT2D eigenvalue weighted by Gasteiger charge is -2.25. The molecular weight excluding hydrogens is 228 g/mol. The lowest BCUT2D eigenvalue weighted by atomic mass is 10.2. The molecule has 0 spiro atoms. The first-order valence-corrected chi connectivity index (χ1v) is 5.19. The summed E-state index contributed by atoms with van der Waals surface area (Å²) in [5, 5.41) is 18.1. The average molecular weight is 241 g/mol. The van der Waals surface area contributed by atoms with E-state index < -0.39 is 0 Å². The molecule has 1 aromatic heterocycles. The van der Waals surface area contributed by atoms with E-state index in [1.807, 2.05) is 11.8 Å². The van der Waals surface area contributed by atoms with Crippen molar-refractivity contribution in [1.82, 2.24) is 9.97 Å². The molecule has 1 N–H and O–H groups in total. The van der Waals surface area contributed by atoms with Gasteiger partial charge in [-0.25, -0.2) is 9.97 Å². The predicted octanol–water partition coefficient (Wildman–Crippen LogP) is 1.36. The predicted molar refractivity (Wildman–Crippen MR) is 61.1 cm³/mol. The van der Waals surface area contributed by atoms with E-state index in [-0.39, 0.29) is 17.8 Å². The Kier molecular flexibility index (Phi) is 4.47. The first kappa shape index (κ1) is 12.7. The zero-order chi connectivity index (χ0) is 12.1. The van der Waals surface area contributed by atoms with Crippen LogP contribution in [0.2, 0.25) is 5.15 Å². The fourth-order valence-electron chi connectivity index (χ4n) is 1.30. The summed E-state index contributed by atoms with van der Waals surface area (Å²) in [5.74, 6) is 0.560. The number of nitrogens with zero attached hydrogens (tertiary/aromatic N) is 4. The molecule has 1 unspecified atom stereocenters. The molecule has 0 aliphatic carbocycles. The molecule has 0 radical (unpaired) electrons. The lowest BCUT2D eigenvalue weighted by Crippen LogP contribution is -2.30. The Morgan fingerprint density at radius 1 is 1.62 bits per heavy atom. The highest BCUT2D eigenvalue weighted by molar-refractivity contribution is 6.30. The molecule has 0 fully saturated rings. The van der Waals surface area contributed by atoms with Gasteiger partial charge in [0.05, 0.1) is 24.7 Å². The third kappa shape index (κ3) is 2.60. The molecule has 1 rings (SSSR count). The SMILES string of the molecule is CC(CC#N)N(C)c1ncnc(Cl)c1CO. The highest BCUT2D eigenvalue weighted by Crippen LogP contribution is 2.24. The van der Waals surface area contributed by atoms with Crippen molar-refractivity contribution >= 4 is 17.4 Å². The van der Waals surface area contributed by atoms with Crippen LogP contribution in [-0.4, -0.2) is 28.2 Å². The van der Waals surface area contributed by atoms with Crippen LogP contribution >= 0.6 is 11.6 Å². The van der Waals surface area contributed by atoms with Gasteiger partial charge in [0.25, 0.3) is 0 Å². The summed E-state index contributed by atoms with van der Waals surface area (Å²) >= 11 is 5.85. The van der Waals surface area contributed by atoms with E-state index in [0.717, 1.165) is 0 Å². The number of aliphatic hydroxyl groups excluding tert-OH is 1. The molecule has 1 heterocycles. The van der Waals surface area contributed by atoms with Gasteiger partial charge in [0.15, 0.2) is 0 Å². The maximum atomic E-state index is 9.20. The first-order chi connectivity index (χ1) is 7.61. The Labute approximate surface area is 99.3 Å². The molecule has 6 heteroatoms.